The van der Waals surface area contributed by atoms with Crippen LogP contribution in [0.25, 0.3) is 0 Å². The van der Waals surface area contributed by atoms with Gasteiger partial charge in [-0.05, 0) is 39.0 Å². The Morgan fingerprint density at radius 1 is 1.14 bits per heavy atom. The van der Waals surface area contributed by atoms with Gasteiger partial charge < -0.3 is 29.5 Å². The first-order chi connectivity index (χ1) is 13.6. The summed E-state index contributed by atoms with van der Waals surface area (Å²) in [5.74, 6) is -1.85. The lowest BCUT2D eigenvalue weighted by molar-refractivity contribution is -0.134. The van der Waals surface area contributed by atoms with Gasteiger partial charge in [-0.25, -0.2) is 9.59 Å². The number of hydrogen-bond acceptors (Lipinski definition) is 9. The monoisotopic (exact) mass is 412 g/mol. The molecular weight excluding hydrogens is 388 g/mol. The van der Waals surface area contributed by atoms with E-state index in [4.69, 9.17) is 19.3 Å². The van der Waals surface area contributed by atoms with E-state index < -0.39 is 23.6 Å². The van der Waals surface area contributed by atoms with Gasteiger partial charge >= 0.3 is 18.0 Å². The maximum Gasteiger partial charge on any atom is 0.407 e. The van der Waals surface area contributed by atoms with Gasteiger partial charge in [0.1, 0.15) is 12.2 Å². The van der Waals surface area contributed by atoms with E-state index in [1.807, 2.05) is 0 Å². The highest BCUT2D eigenvalue weighted by Crippen LogP contribution is 2.29. The molecule has 29 heavy (non-hydrogen) atoms. The third-order valence-electron chi connectivity index (χ3n) is 3.10. The van der Waals surface area contributed by atoms with E-state index in [-0.39, 0.29) is 43.2 Å². The number of aromatic carboxylic acids is 1. The summed E-state index contributed by atoms with van der Waals surface area (Å²) in [6, 6.07) is 3.80. The summed E-state index contributed by atoms with van der Waals surface area (Å²) in [5, 5.41) is 13.8. The lowest BCUT2D eigenvalue weighted by atomic mass is 10.2. The molecule has 0 unspecified atom stereocenters. The zero-order chi connectivity index (χ0) is 21.9. The van der Waals surface area contributed by atoms with Crippen LogP contribution < -0.4 is 14.8 Å². The van der Waals surface area contributed by atoms with Gasteiger partial charge in [-0.15, -0.1) is 4.91 Å². The number of ether oxygens (including phenoxy) is 3. The third kappa shape index (κ3) is 9.94. The minimum atomic E-state index is -1.20. The minimum Gasteiger partial charge on any atom is -0.490 e. The van der Waals surface area contributed by atoms with E-state index in [2.05, 4.69) is 15.5 Å². The molecule has 1 aromatic carbocycles. The molecule has 0 aromatic heterocycles. The Morgan fingerprint density at radius 3 is 2.48 bits per heavy atom. The first-order valence-corrected chi connectivity index (χ1v) is 8.74. The molecule has 0 aliphatic carbocycles. The molecule has 0 atom stereocenters. The number of carbonyl (C=O) groups excluding carboxylic acids is 2. The molecule has 0 saturated carbocycles. The van der Waals surface area contributed by atoms with Gasteiger partial charge in [-0.1, -0.05) is 0 Å². The molecule has 0 saturated heterocycles. The first kappa shape index (κ1) is 23.7. The van der Waals surface area contributed by atoms with E-state index in [0.29, 0.717) is 6.42 Å². The van der Waals surface area contributed by atoms with Crippen LogP contribution in [0.1, 0.15) is 44.0 Å². The molecule has 0 aliphatic heterocycles. The average Bonchev–Trinajstić information content (AvgIpc) is 2.60. The Labute approximate surface area is 167 Å². The van der Waals surface area contributed by atoms with E-state index in [1.54, 1.807) is 20.8 Å². The number of nitrogens with zero attached hydrogens (tertiary/aromatic N) is 1. The van der Waals surface area contributed by atoms with Crippen molar-refractivity contribution in [2.75, 3.05) is 19.8 Å². The molecule has 0 spiro atoms. The van der Waals surface area contributed by atoms with Crippen LogP contribution in [0, 0.1) is 4.91 Å². The Kier molecular flexibility index (Phi) is 9.36. The number of rotatable bonds is 11. The Hall–Kier alpha value is -3.37. The molecule has 0 heterocycles. The second-order valence-electron chi connectivity index (χ2n) is 6.73. The third-order valence-corrected chi connectivity index (χ3v) is 3.10. The largest absolute Gasteiger partial charge is 0.490 e. The summed E-state index contributed by atoms with van der Waals surface area (Å²) in [5.41, 5.74) is -0.762. The van der Waals surface area contributed by atoms with Gasteiger partial charge in [0.2, 0.25) is 0 Å². The summed E-state index contributed by atoms with van der Waals surface area (Å²) in [6.45, 7) is 5.26. The summed E-state index contributed by atoms with van der Waals surface area (Å²) in [7, 11) is 0. The standard InChI is InChI=1S/C18H24N2O9/c1-18(2,3)29-17(24)19-8-7-15(21)28-14-11-12(16(22)23)5-6-13(14)26-9-4-10-27-20-25/h5-6,11H,4,7-10H2,1-3H3,(H,19,24)(H,22,23). The SMILES string of the molecule is CC(C)(C)OC(=O)NCCC(=O)Oc1cc(C(=O)O)ccc1OCCCON=O. The van der Waals surface area contributed by atoms with Gasteiger partial charge in [0.15, 0.2) is 16.8 Å². The van der Waals surface area contributed by atoms with Gasteiger partial charge in [-0.2, -0.15) is 0 Å². The molecule has 2 N–H and O–H groups in total. The fourth-order valence-electron chi connectivity index (χ4n) is 1.94. The number of carbonyl (C=O) groups is 3. The second-order valence-corrected chi connectivity index (χ2v) is 6.73. The molecule has 0 radical (unpaired) electrons. The maximum atomic E-state index is 12.0. The van der Waals surface area contributed by atoms with Crippen LogP contribution in [0.15, 0.2) is 23.5 Å². The topological polar surface area (TPSA) is 150 Å². The van der Waals surface area contributed by atoms with Crippen LogP contribution in [0.4, 0.5) is 4.79 Å². The number of hydrogen-bond donors (Lipinski definition) is 2. The van der Waals surface area contributed by atoms with E-state index in [9.17, 15) is 19.3 Å². The number of esters is 1. The van der Waals surface area contributed by atoms with Crippen LogP contribution in [-0.2, 0) is 14.4 Å². The Morgan fingerprint density at radius 2 is 1.86 bits per heavy atom. The number of nitrogens with one attached hydrogen (secondary N) is 1. The van der Waals surface area contributed by atoms with Crippen LogP contribution in [0.5, 0.6) is 11.5 Å². The molecular formula is C18H24N2O9. The molecule has 11 nitrogen and oxygen atoms in total. The lowest BCUT2D eigenvalue weighted by Crippen LogP contribution is -2.34. The van der Waals surface area contributed by atoms with Gasteiger partial charge in [0.25, 0.3) is 0 Å². The first-order valence-electron chi connectivity index (χ1n) is 8.74. The van der Waals surface area contributed by atoms with E-state index in [0.717, 1.165) is 6.07 Å². The zero-order valence-corrected chi connectivity index (χ0v) is 16.4. The molecule has 1 rings (SSSR count). The molecule has 160 valence electrons. The van der Waals surface area contributed by atoms with Crippen molar-refractivity contribution in [3.8, 4) is 11.5 Å². The second kappa shape index (κ2) is 11.5. The number of carboxylic acid groups (broad SMARTS) is 1. The van der Waals surface area contributed by atoms with E-state index >= 15 is 0 Å². The zero-order valence-electron chi connectivity index (χ0n) is 16.4. The smallest absolute Gasteiger partial charge is 0.407 e. The number of amides is 1. The molecule has 11 heteroatoms. The number of benzene rings is 1. The molecule has 0 aliphatic rings. The van der Waals surface area contributed by atoms with Crippen molar-refractivity contribution in [2.24, 2.45) is 5.34 Å². The van der Waals surface area contributed by atoms with E-state index in [1.165, 1.54) is 12.1 Å². The normalized spacial score (nSPS) is 10.6. The highest BCUT2D eigenvalue weighted by molar-refractivity contribution is 5.89. The highest BCUT2D eigenvalue weighted by atomic mass is 16.7. The molecule has 1 amide bonds. The quantitative estimate of drug-likeness (QED) is 0.184. The fraction of sp³-hybridized carbons (Fsp3) is 0.500. The molecule has 0 bridgehead atoms. The van der Waals surface area contributed by atoms with Gasteiger partial charge in [-0.3, -0.25) is 4.79 Å². The maximum absolute atomic E-state index is 12.0. The summed E-state index contributed by atoms with van der Waals surface area (Å²) < 4.78 is 15.7. The van der Waals surface area contributed by atoms with Crippen molar-refractivity contribution in [3.05, 3.63) is 28.7 Å². The van der Waals surface area contributed by atoms with Crippen molar-refractivity contribution in [1.82, 2.24) is 5.32 Å². The predicted molar refractivity (Wildman–Crippen MR) is 99.7 cm³/mol. The lowest BCUT2D eigenvalue weighted by Gasteiger charge is -2.19. The van der Waals surface area contributed by atoms with Gasteiger partial charge in [0, 0.05) is 13.0 Å². The Bertz CT molecular complexity index is 729. The number of alkyl carbamates (subject to hydrolysis) is 1. The Balaban J connectivity index is 2.64. The fourth-order valence-corrected chi connectivity index (χ4v) is 1.94. The number of carboxylic acids is 1. The molecule has 0 fully saturated rings. The van der Waals surface area contributed by atoms with Crippen molar-refractivity contribution in [3.63, 3.8) is 0 Å². The van der Waals surface area contributed by atoms with Crippen molar-refractivity contribution in [2.45, 2.75) is 39.2 Å². The van der Waals surface area contributed by atoms with Gasteiger partial charge in [0.05, 0.1) is 18.6 Å². The highest BCUT2D eigenvalue weighted by Gasteiger charge is 2.17. The summed E-state index contributed by atoms with van der Waals surface area (Å²) in [4.78, 5) is 48.9. The van der Waals surface area contributed by atoms with Crippen molar-refractivity contribution >= 4 is 18.0 Å². The van der Waals surface area contributed by atoms with Crippen LogP contribution >= 0.6 is 0 Å². The van der Waals surface area contributed by atoms with Crippen LogP contribution in [-0.4, -0.2) is 48.5 Å². The van der Waals surface area contributed by atoms with Crippen molar-refractivity contribution in [1.29, 1.82) is 0 Å². The van der Waals surface area contributed by atoms with Crippen LogP contribution in [0.3, 0.4) is 0 Å². The summed E-state index contributed by atoms with van der Waals surface area (Å²) in [6.07, 6.45) is -0.511. The van der Waals surface area contributed by atoms with Crippen molar-refractivity contribution < 1.29 is 38.5 Å². The average molecular weight is 412 g/mol. The minimum absolute atomic E-state index is 0.0292. The molecule has 1 aromatic rings. The van der Waals surface area contributed by atoms with Crippen LogP contribution in [0.2, 0.25) is 0 Å². The predicted octanol–water partition coefficient (Wildman–Crippen LogP) is 2.67. The summed E-state index contributed by atoms with van der Waals surface area (Å²) >= 11 is 0.